The van der Waals surface area contributed by atoms with Gasteiger partial charge < -0.3 is 15.5 Å². The van der Waals surface area contributed by atoms with E-state index in [4.69, 9.17) is 10.6 Å². The van der Waals surface area contributed by atoms with Crippen molar-refractivity contribution >= 4 is 17.3 Å². The summed E-state index contributed by atoms with van der Waals surface area (Å²) in [6.07, 6.45) is 3.32. The van der Waals surface area contributed by atoms with Crippen LogP contribution < -0.4 is 21.3 Å². The van der Waals surface area contributed by atoms with Crippen molar-refractivity contribution < 1.29 is 4.74 Å². The van der Waals surface area contributed by atoms with Crippen LogP contribution in [-0.4, -0.2) is 16.6 Å². The number of hydrazine groups is 1. The highest BCUT2D eigenvalue weighted by Gasteiger charge is 2.10. The van der Waals surface area contributed by atoms with Crippen molar-refractivity contribution in [3.05, 3.63) is 36.2 Å². The van der Waals surface area contributed by atoms with Crippen molar-refractivity contribution in [2.75, 3.05) is 17.3 Å². The zero-order chi connectivity index (χ0) is 15.1. The van der Waals surface area contributed by atoms with E-state index >= 15 is 0 Å². The first kappa shape index (κ1) is 15.1. The quantitative estimate of drug-likeness (QED) is 0.536. The highest BCUT2D eigenvalue weighted by molar-refractivity contribution is 5.65. The third kappa shape index (κ3) is 3.82. The van der Waals surface area contributed by atoms with Crippen LogP contribution in [0.15, 0.2) is 30.6 Å². The van der Waals surface area contributed by atoms with Crippen LogP contribution in [0, 0.1) is 0 Å². The van der Waals surface area contributed by atoms with E-state index in [2.05, 4.69) is 27.6 Å². The number of anilines is 3. The molecule has 4 N–H and O–H groups in total. The number of nitrogen functional groups attached to an aromatic ring is 1. The molecule has 0 saturated carbocycles. The number of aromatic nitrogens is 2. The van der Waals surface area contributed by atoms with Gasteiger partial charge >= 0.3 is 0 Å². The molecule has 0 aliphatic rings. The third-order valence-electron chi connectivity index (χ3n) is 3.01. The first-order chi connectivity index (χ1) is 10.3. The number of nitrogens with one attached hydrogen (secondary N) is 2. The molecule has 0 radical (unpaired) electrons. The van der Waals surface area contributed by atoms with Crippen LogP contribution in [0.1, 0.15) is 25.8 Å². The van der Waals surface area contributed by atoms with Crippen LogP contribution in [0.4, 0.5) is 17.3 Å². The Labute approximate surface area is 124 Å². The highest BCUT2D eigenvalue weighted by Crippen LogP contribution is 2.25. The number of hydrogen-bond donors (Lipinski definition) is 3. The van der Waals surface area contributed by atoms with Crippen molar-refractivity contribution in [2.24, 2.45) is 5.84 Å². The van der Waals surface area contributed by atoms with Crippen LogP contribution >= 0.6 is 0 Å². The van der Waals surface area contributed by atoms with Gasteiger partial charge in [0.1, 0.15) is 23.7 Å². The molecule has 0 spiro atoms. The van der Waals surface area contributed by atoms with Crippen molar-refractivity contribution in [1.82, 2.24) is 9.97 Å². The van der Waals surface area contributed by atoms with E-state index in [0.717, 1.165) is 35.7 Å². The lowest BCUT2D eigenvalue weighted by atomic mass is 10.1. The number of benzene rings is 1. The summed E-state index contributed by atoms with van der Waals surface area (Å²) in [5.41, 5.74) is 4.55. The Hall–Kier alpha value is -2.34. The van der Waals surface area contributed by atoms with Crippen molar-refractivity contribution in [1.29, 1.82) is 0 Å². The van der Waals surface area contributed by atoms with Gasteiger partial charge in [-0.05, 0) is 37.6 Å². The second-order valence-electron chi connectivity index (χ2n) is 4.53. The Morgan fingerprint density at radius 1 is 1.10 bits per heavy atom. The predicted molar refractivity (Wildman–Crippen MR) is 84.7 cm³/mol. The van der Waals surface area contributed by atoms with E-state index in [0.29, 0.717) is 12.4 Å². The topological polar surface area (TPSA) is 85.1 Å². The van der Waals surface area contributed by atoms with Crippen LogP contribution in [-0.2, 0) is 6.42 Å². The fraction of sp³-hybridized carbons (Fsp3) is 0.333. The summed E-state index contributed by atoms with van der Waals surface area (Å²) in [7, 11) is 0. The smallest absolute Gasteiger partial charge is 0.148 e. The van der Waals surface area contributed by atoms with E-state index in [1.807, 2.05) is 31.2 Å². The van der Waals surface area contributed by atoms with E-state index in [1.165, 1.54) is 6.33 Å². The Morgan fingerprint density at radius 2 is 1.81 bits per heavy atom. The summed E-state index contributed by atoms with van der Waals surface area (Å²) in [5, 5.41) is 3.30. The Kier molecular flexibility index (Phi) is 5.34. The molecule has 0 fully saturated rings. The molecule has 0 aliphatic heterocycles. The molecule has 21 heavy (non-hydrogen) atoms. The first-order valence-corrected chi connectivity index (χ1v) is 7.08. The molecule has 1 aromatic carbocycles. The summed E-state index contributed by atoms with van der Waals surface area (Å²) < 4.78 is 5.43. The maximum absolute atomic E-state index is 5.51. The highest BCUT2D eigenvalue weighted by atomic mass is 16.5. The lowest BCUT2D eigenvalue weighted by Crippen LogP contribution is -2.13. The lowest BCUT2D eigenvalue weighted by Gasteiger charge is -2.13. The SMILES string of the molecule is CCCc1c(NN)ncnc1Nc1ccc(OCC)cc1. The Morgan fingerprint density at radius 3 is 2.43 bits per heavy atom. The maximum atomic E-state index is 5.51. The number of hydrogen-bond acceptors (Lipinski definition) is 6. The summed E-state index contributed by atoms with van der Waals surface area (Å²) in [4.78, 5) is 8.46. The van der Waals surface area contributed by atoms with Gasteiger partial charge in [-0.2, -0.15) is 0 Å². The average molecular weight is 287 g/mol. The van der Waals surface area contributed by atoms with Crippen LogP contribution in [0.2, 0.25) is 0 Å². The minimum Gasteiger partial charge on any atom is -0.494 e. The molecule has 1 heterocycles. The number of ether oxygens (including phenoxy) is 1. The van der Waals surface area contributed by atoms with Crippen molar-refractivity contribution in [3.63, 3.8) is 0 Å². The number of rotatable bonds is 7. The zero-order valence-electron chi connectivity index (χ0n) is 12.4. The van der Waals surface area contributed by atoms with Crippen LogP contribution in [0.5, 0.6) is 5.75 Å². The molecule has 0 amide bonds. The van der Waals surface area contributed by atoms with Gasteiger partial charge in [0.15, 0.2) is 0 Å². The second kappa shape index (κ2) is 7.44. The van der Waals surface area contributed by atoms with Crippen molar-refractivity contribution in [2.45, 2.75) is 26.7 Å². The summed E-state index contributed by atoms with van der Waals surface area (Å²) in [6.45, 7) is 4.73. The van der Waals surface area contributed by atoms with E-state index in [9.17, 15) is 0 Å². The lowest BCUT2D eigenvalue weighted by molar-refractivity contribution is 0.340. The summed E-state index contributed by atoms with van der Waals surface area (Å²) >= 11 is 0. The number of nitrogens with zero attached hydrogens (tertiary/aromatic N) is 2. The molecule has 112 valence electrons. The van der Waals surface area contributed by atoms with Gasteiger partial charge in [0.05, 0.1) is 6.61 Å². The van der Waals surface area contributed by atoms with Gasteiger partial charge in [-0.3, -0.25) is 0 Å². The van der Waals surface area contributed by atoms with Gasteiger partial charge in [-0.25, -0.2) is 15.8 Å². The average Bonchev–Trinajstić information content (AvgIpc) is 2.51. The molecule has 1 aromatic heterocycles. The molecule has 2 rings (SSSR count). The zero-order valence-corrected chi connectivity index (χ0v) is 12.4. The molecule has 2 aromatic rings. The first-order valence-electron chi connectivity index (χ1n) is 7.08. The van der Waals surface area contributed by atoms with Gasteiger partial charge in [0.2, 0.25) is 0 Å². The van der Waals surface area contributed by atoms with Gasteiger partial charge in [0.25, 0.3) is 0 Å². The minimum absolute atomic E-state index is 0.653. The molecular formula is C15H21N5O. The van der Waals surface area contributed by atoms with Crippen LogP contribution in [0.3, 0.4) is 0 Å². The predicted octanol–water partition coefficient (Wildman–Crippen LogP) is 2.86. The van der Waals surface area contributed by atoms with Gasteiger partial charge in [-0.15, -0.1) is 0 Å². The van der Waals surface area contributed by atoms with E-state index in [-0.39, 0.29) is 0 Å². The Bertz CT molecular complexity index is 571. The summed E-state index contributed by atoms with van der Waals surface area (Å²) in [5.74, 6) is 7.78. The molecule has 0 saturated heterocycles. The molecule has 0 unspecified atom stereocenters. The molecule has 6 heteroatoms. The molecule has 0 aliphatic carbocycles. The largest absolute Gasteiger partial charge is 0.494 e. The normalized spacial score (nSPS) is 10.2. The fourth-order valence-electron chi connectivity index (χ4n) is 2.07. The third-order valence-corrected chi connectivity index (χ3v) is 3.01. The molecular weight excluding hydrogens is 266 g/mol. The molecule has 6 nitrogen and oxygen atoms in total. The standard InChI is InChI=1S/C15H21N5O/c1-3-5-13-14(17-10-18-15(13)20-16)19-11-6-8-12(9-7-11)21-4-2/h6-10H,3-5,16H2,1-2H3,(H2,17,18,19,20). The van der Waals surface area contributed by atoms with Gasteiger partial charge in [0, 0.05) is 11.3 Å². The maximum Gasteiger partial charge on any atom is 0.148 e. The molecule has 0 bridgehead atoms. The fourth-order valence-corrected chi connectivity index (χ4v) is 2.07. The minimum atomic E-state index is 0.653. The van der Waals surface area contributed by atoms with Gasteiger partial charge in [-0.1, -0.05) is 13.3 Å². The van der Waals surface area contributed by atoms with E-state index < -0.39 is 0 Å². The Balaban J connectivity index is 2.22. The second-order valence-corrected chi connectivity index (χ2v) is 4.53. The number of nitrogens with two attached hydrogens (primary N) is 1. The van der Waals surface area contributed by atoms with Crippen LogP contribution in [0.25, 0.3) is 0 Å². The van der Waals surface area contributed by atoms with Crippen molar-refractivity contribution in [3.8, 4) is 5.75 Å². The monoisotopic (exact) mass is 287 g/mol. The molecule has 0 atom stereocenters. The van der Waals surface area contributed by atoms with E-state index in [1.54, 1.807) is 0 Å². The summed E-state index contributed by atoms with van der Waals surface area (Å²) in [6, 6.07) is 7.76.